The summed E-state index contributed by atoms with van der Waals surface area (Å²) < 4.78 is 21.4. The topological polar surface area (TPSA) is 39.4 Å². The van der Waals surface area contributed by atoms with Crippen LogP contribution in [0.25, 0.3) is 16.9 Å². The number of aromatic nitrogens is 3. The minimum Gasteiger partial charge on any atom is -0.479 e. The van der Waals surface area contributed by atoms with E-state index in [1.165, 1.54) is 13.2 Å². The number of benzene rings is 1. The van der Waals surface area contributed by atoms with E-state index in [4.69, 9.17) is 16.3 Å². The van der Waals surface area contributed by atoms with Gasteiger partial charge in [0.2, 0.25) is 5.88 Å². The zero-order valence-corrected chi connectivity index (χ0v) is 12.6. The molecule has 0 aliphatic heterocycles. The Morgan fingerprint density at radius 3 is 2.90 bits per heavy atom. The molecule has 0 bridgehead atoms. The first-order valence-corrected chi connectivity index (χ1v) is 6.81. The third-order valence-electron chi connectivity index (χ3n) is 2.86. The van der Waals surface area contributed by atoms with E-state index in [-0.39, 0.29) is 5.56 Å². The molecule has 2 aromatic heterocycles. The van der Waals surface area contributed by atoms with Crippen molar-refractivity contribution in [2.75, 3.05) is 7.11 Å². The van der Waals surface area contributed by atoms with Crippen molar-refractivity contribution in [1.29, 1.82) is 0 Å². The molecule has 0 aliphatic rings. The van der Waals surface area contributed by atoms with Crippen LogP contribution >= 0.6 is 27.5 Å². The third-order valence-corrected chi connectivity index (χ3v) is 3.73. The molecular weight excluding hydrogens is 349 g/mol. The van der Waals surface area contributed by atoms with Gasteiger partial charge in [-0.2, -0.15) is 0 Å². The van der Waals surface area contributed by atoms with E-state index in [0.29, 0.717) is 26.8 Å². The highest BCUT2D eigenvalue weighted by atomic mass is 79.9. The number of halogens is 3. The summed E-state index contributed by atoms with van der Waals surface area (Å²) in [6.07, 6.45) is 3.23. The van der Waals surface area contributed by atoms with Gasteiger partial charge in [0.15, 0.2) is 5.82 Å². The molecule has 0 amide bonds. The molecule has 1 aromatic carbocycles. The number of imidazole rings is 1. The van der Waals surface area contributed by atoms with E-state index >= 15 is 0 Å². The zero-order valence-electron chi connectivity index (χ0n) is 10.3. The predicted molar refractivity (Wildman–Crippen MR) is 77.6 cm³/mol. The number of hydrogen-bond donors (Lipinski definition) is 0. The molecule has 0 fully saturated rings. The summed E-state index contributed by atoms with van der Waals surface area (Å²) in [6.45, 7) is 0. The van der Waals surface area contributed by atoms with Gasteiger partial charge in [0, 0.05) is 12.4 Å². The summed E-state index contributed by atoms with van der Waals surface area (Å²) in [5.74, 6) is 0.342. The van der Waals surface area contributed by atoms with Gasteiger partial charge in [0.25, 0.3) is 0 Å². The van der Waals surface area contributed by atoms with Crippen LogP contribution in [-0.2, 0) is 0 Å². The molecule has 0 radical (unpaired) electrons. The fraction of sp³-hybridized carbons (Fsp3) is 0.0769. The standard InChI is InChI=1S/C13H8BrClFN3O/c1-20-13-10-11(14)18-12(19(10)6-5-17-13)9-7(15)3-2-4-8(9)16/h2-6H,1H3. The largest absolute Gasteiger partial charge is 0.479 e. The van der Waals surface area contributed by atoms with E-state index in [1.54, 1.807) is 28.9 Å². The van der Waals surface area contributed by atoms with E-state index in [2.05, 4.69) is 25.9 Å². The van der Waals surface area contributed by atoms with Crippen LogP contribution in [0.2, 0.25) is 5.02 Å². The maximum atomic E-state index is 14.1. The second-order valence-electron chi connectivity index (χ2n) is 3.98. The van der Waals surface area contributed by atoms with E-state index in [9.17, 15) is 4.39 Å². The first-order valence-electron chi connectivity index (χ1n) is 5.64. The first kappa shape index (κ1) is 13.3. The Balaban J connectivity index is 2.39. The lowest BCUT2D eigenvalue weighted by Gasteiger charge is -2.06. The van der Waals surface area contributed by atoms with Crippen molar-refractivity contribution in [3.63, 3.8) is 0 Å². The van der Waals surface area contributed by atoms with Gasteiger partial charge in [-0.05, 0) is 28.1 Å². The Labute approximate surface area is 127 Å². The van der Waals surface area contributed by atoms with Crippen LogP contribution in [0, 0.1) is 5.82 Å². The van der Waals surface area contributed by atoms with Crippen LogP contribution in [0.4, 0.5) is 4.39 Å². The molecule has 7 heteroatoms. The van der Waals surface area contributed by atoms with Gasteiger partial charge in [-0.15, -0.1) is 0 Å². The lowest BCUT2D eigenvalue weighted by molar-refractivity contribution is 0.401. The molecule has 3 aromatic rings. The van der Waals surface area contributed by atoms with Crippen molar-refractivity contribution in [2.24, 2.45) is 0 Å². The normalized spacial score (nSPS) is 11.0. The molecule has 0 N–H and O–H groups in total. The fourth-order valence-electron chi connectivity index (χ4n) is 2.01. The highest BCUT2D eigenvalue weighted by molar-refractivity contribution is 9.10. The van der Waals surface area contributed by atoms with Gasteiger partial charge < -0.3 is 4.74 Å². The number of rotatable bonds is 2. The Morgan fingerprint density at radius 1 is 1.40 bits per heavy atom. The van der Waals surface area contributed by atoms with Gasteiger partial charge >= 0.3 is 0 Å². The average Bonchev–Trinajstić information content (AvgIpc) is 2.76. The van der Waals surface area contributed by atoms with Crippen molar-refractivity contribution < 1.29 is 9.13 Å². The fourth-order valence-corrected chi connectivity index (χ4v) is 2.78. The van der Waals surface area contributed by atoms with E-state index < -0.39 is 5.82 Å². The molecule has 4 nitrogen and oxygen atoms in total. The summed E-state index contributed by atoms with van der Waals surface area (Å²) in [5, 5.41) is 0.292. The molecule has 0 spiro atoms. The molecule has 0 aliphatic carbocycles. The molecule has 0 saturated carbocycles. The van der Waals surface area contributed by atoms with Gasteiger partial charge in [-0.25, -0.2) is 14.4 Å². The van der Waals surface area contributed by atoms with Crippen LogP contribution in [0.1, 0.15) is 0 Å². The molecule has 20 heavy (non-hydrogen) atoms. The number of hydrogen-bond acceptors (Lipinski definition) is 3. The van der Waals surface area contributed by atoms with Crippen molar-refractivity contribution in [1.82, 2.24) is 14.4 Å². The van der Waals surface area contributed by atoms with Crippen LogP contribution in [0.5, 0.6) is 5.88 Å². The summed E-state index contributed by atoms with van der Waals surface area (Å²) >= 11 is 9.43. The van der Waals surface area contributed by atoms with Crippen LogP contribution in [0.15, 0.2) is 35.2 Å². The second-order valence-corrected chi connectivity index (χ2v) is 5.14. The molecule has 0 unspecified atom stereocenters. The number of nitrogens with zero attached hydrogens (tertiary/aromatic N) is 3. The summed E-state index contributed by atoms with van der Waals surface area (Å²) in [4.78, 5) is 8.42. The van der Waals surface area contributed by atoms with Gasteiger partial charge in [-0.1, -0.05) is 17.7 Å². The minimum atomic E-state index is -0.437. The second kappa shape index (κ2) is 5.03. The maximum absolute atomic E-state index is 14.1. The zero-order chi connectivity index (χ0) is 14.3. The smallest absolute Gasteiger partial charge is 0.240 e. The van der Waals surface area contributed by atoms with Crippen molar-refractivity contribution >= 4 is 33.0 Å². The number of fused-ring (bicyclic) bond motifs is 1. The van der Waals surface area contributed by atoms with Crippen LogP contribution < -0.4 is 4.74 Å². The van der Waals surface area contributed by atoms with Gasteiger partial charge in [-0.3, -0.25) is 4.40 Å². The van der Waals surface area contributed by atoms with Gasteiger partial charge in [0.05, 0.1) is 17.7 Å². The Kier molecular flexibility index (Phi) is 3.35. The van der Waals surface area contributed by atoms with Crippen LogP contribution in [0.3, 0.4) is 0 Å². The van der Waals surface area contributed by atoms with Crippen molar-refractivity contribution in [3.8, 4) is 17.3 Å². The molecule has 2 heterocycles. The molecule has 3 rings (SSSR count). The van der Waals surface area contributed by atoms with Crippen molar-refractivity contribution in [3.05, 3.63) is 46.0 Å². The predicted octanol–water partition coefficient (Wildman–Crippen LogP) is 3.96. The number of methoxy groups -OCH3 is 1. The van der Waals surface area contributed by atoms with E-state index in [0.717, 1.165) is 0 Å². The highest BCUT2D eigenvalue weighted by Crippen LogP contribution is 2.34. The Bertz CT molecular complexity index is 785. The van der Waals surface area contributed by atoms with E-state index in [1.807, 2.05) is 0 Å². The molecule has 102 valence electrons. The van der Waals surface area contributed by atoms with Crippen LogP contribution in [-0.4, -0.2) is 21.5 Å². The lowest BCUT2D eigenvalue weighted by atomic mass is 10.2. The Morgan fingerprint density at radius 2 is 2.20 bits per heavy atom. The third kappa shape index (κ3) is 1.96. The molecular formula is C13H8BrClFN3O. The highest BCUT2D eigenvalue weighted by Gasteiger charge is 2.20. The summed E-state index contributed by atoms with van der Waals surface area (Å²) in [5.41, 5.74) is 0.854. The SMILES string of the molecule is COc1nccn2c(-c3c(F)cccc3Cl)nc(Br)c12. The number of ether oxygens (including phenoxy) is 1. The summed E-state index contributed by atoms with van der Waals surface area (Å²) in [6, 6.07) is 4.51. The first-order chi connectivity index (χ1) is 9.63. The van der Waals surface area contributed by atoms with Gasteiger partial charge in [0.1, 0.15) is 15.9 Å². The molecule has 0 atom stereocenters. The Hall–Kier alpha value is -1.66. The average molecular weight is 357 g/mol. The minimum absolute atomic E-state index is 0.239. The molecule has 0 saturated heterocycles. The maximum Gasteiger partial charge on any atom is 0.240 e. The van der Waals surface area contributed by atoms with Crippen molar-refractivity contribution in [2.45, 2.75) is 0 Å². The quantitative estimate of drug-likeness (QED) is 0.698. The summed E-state index contributed by atoms with van der Waals surface area (Å²) in [7, 11) is 1.51. The lowest BCUT2D eigenvalue weighted by Crippen LogP contribution is -1.96. The monoisotopic (exact) mass is 355 g/mol.